The molecule has 0 atom stereocenters. The molecular weight excluding hydrogens is 330 g/mol. The highest BCUT2D eigenvalue weighted by Crippen LogP contribution is 2.33. The molecule has 0 bridgehead atoms. The van der Waals surface area contributed by atoms with Crippen molar-refractivity contribution in [3.63, 3.8) is 0 Å². The first-order chi connectivity index (χ1) is 12.7. The summed E-state index contributed by atoms with van der Waals surface area (Å²) >= 11 is 0. The Bertz CT molecular complexity index is 683. The quantitative estimate of drug-likeness (QED) is 0.618. The summed E-state index contributed by atoms with van der Waals surface area (Å²) < 4.78 is 9.88. The van der Waals surface area contributed by atoms with E-state index >= 15 is 0 Å². The van der Waals surface area contributed by atoms with Crippen molar-refractivity contribution in [2.24, 2.45) is 5.73 Å². The fourth-order valence-electron chi connectivity index (χ4n) is 2.37. The van der Waals surface area contributed by atoms with Crippen molar-refractivity contribution in [2.45, 2.75) is 5.92 Å². The maximum atomic E-state index is 9.46. The van der Waals surface area contributed by atoms with E-state index in [0.29, 0.717) is 0 Å². The summed E-state index contributed by atoms with van der Waals surface area (Å²) in [6.07, 6.45) is 1.64. The zero-order valence-electron chi connectivity index (χ0n) is 15.3. The third-order valence-corrected chi connectivity index (χ3v) is 3.39. The molecule has 3 aromatic rings. The molecule has 0 fully saturated rings. The molecule has 0 unspecified atom stereocenters. The second-order valence-electron chi connectivity index (χ2n) is 5.23. The van der Waals surface area contributed by atoms with Crippen LogP contribution in [0.3, 0.4) is 0 Å². The molecule has 1 heterocycles. The van der Waals surface area contributed by atoms with Gasteiger partial charge in [-0.1, -0.05) is 24.3 Å². The van der Waals surface area contributed by atoms with Crippen molar-refractivity contribution < 1.29 is 19.4 Å². The summed E-state index contributed by atoms with van der Waals surface area (Å²) in [7, 11) is 4.75. The van der Waals surface area contributed by atoms with Gasteiger partial charge >= 0.3 is 12.0 Å². The van der Waals surface area contributed by atoms with Gasteiger partial charge in [0, 0.05) is 26.4 Å². The lowest BCUT2D eigenvalue weighted by atomic mass is 9.89. The highest BCUT2D eigenvalue weighted by molar-refractivity contribution is 5.42. The van der Waals surface area contributed by atoms with Crippen molar-refractivity contribution in [1.82, 2.24) is 0 Å². The van der Waals surface area contributed by atoms with Crippen LogP contribution in [0, 0.1) is 0 Å². The first-order valence-electron chi connectivity index (χ1n) is 8.08. The van der Waals surface area contributed by atoms with E-state index in [4.69, 9.17) is 4.42 Å². The molecule has 0 radical (unpaired) electrons. The fourth-order valence-corrected chi connectivity index (χ4v) is 2.37. The zero-order valence-corrected chi connectivity index (χ0v) is 15.3. The molecule has 3 rings (SSSR count). The second-order valence-corrected chi connectivity index (χ2v) is 5.23. The molecule has 0 aliphatic heterocycles. The summed E-state index contributed by atoms with van der Waals surface area (Å²) in [6, 6.07) is 19.8. The Morgan fingerprint density at radius 1 is 0.769 bits per heavy atom. The number of hydrogen-bond donors (Lipinski definition) is 3. The Hall–Kier alpha value is -2.89. The van der Waals surface area contributed by atoms with Crippen LogP contribution in [0.4, 0.5) is 0 Å². The third-order valence-electron chi connectivity index (χ3n) is 3.39. The van der Waals surface area contributed by atoms with Gasteiger partial charge in [-0.25, -0.2) is 4.42 Å². The minimum absolute atomic E-state index is 0.0904. The van der Waals surface area contributed by atoms with Crippen LogP contribution in [0.15, 0.2) is 77.4 Å². The minimum Gasteiger partial charge on any atom is -0.508 e. The molecule has 0 amide bonds. The van der Waals surface area contributed by atoms with Gasteiger partial charge in [-0.15, -0.1) is 0 Å². The normalized spacial score (nSPS) is 9.58. The van der Waals surface area contributed by atoms with E-state index in [1.165, 1.54) is 7.05 Å². The Labute approximate surface area is 154 Å². The largest absolute Gasteiger partial charge is 0.508 e. The predicted octanol–water partition coefficient (Wildman–Crippen LogP) is 3.99. The van der Waals surface area contributed by atoms with Crippen molar-refractivity contribution in [2.75, 3.05) is 21.3 Å². The average Bonchev–Trinajstić information content (AvgIpc) is 2.68. The molecule has 1 aromatic heterocycles. The van der Waals surface area contributed by atoms with Gasteiger partial charge in [0.2, 0.25) is 0 Å². The van der Waals surface area contributed by atoms with Crippen LogP contribution < -0.4 is 5.73 Å². The Morgan fingerprint density at radius 3 is 1.54 bits per heavy atom. The molecule has 0 saturated heterocycles. The third kappa shape index (κ3) is 6.20. The van der Waals surface area contributed by atoms with Crippen LogP contribution in [0.2, 0.25) is 0 Å². The van der Waals surface area contributed by atoms with Gasteiger partial charge in [0.15, 0.2) is 0 Å². The van der Waals surface area contributed by atoms with E-state index < -0.39 is 0 Å². The maximum Gasteiger partial charge on any atom is 0.340 e. The summed E-state index contributed by atoms with van der Waals surface area (Å²) in [4.78, 5) is 0. The Balaban J connectivity index is 0.000000615. The monoisotopic (exact) mass is 356 g/mol. The summed E-state index contributed by atoms with van der Waals surface area (Å²) in [5, 5.41) is 18.9. The molecule has 5 nitrogen and oxygen atoms in total. The van der Waals surface area contributed by atoms with Crippen molar-refractivity contribution in [3.8, 4) is 11.5 Å². The highest BCUT2D eigenvalue weighted by atomic mass is 16.4. The number of phenolic OH excluding ortho intramolecular Hbond substituents is 2. The van der Waals surface area contributed by atoms with E-state index in [-0.39, 0.29) is 17.4 Å². The maximum absolute atomic E-state index is 9.46. The smallest absolute Gasteiger partial charge is 0.340 e. The average molecular weight is 356 g/mol. The standard InChI is InChI=1S/C18H14O3.C2H6O.CH5N/c19-15-8-4-13(5-9-15)18(17-3-1-2-12-21-17)14-6-10-16(20)11-7-14;1-3-2;1-2/h1-12,18H,(H-,19,20);1-2H3;2H2,1H3/p+1. The molecule has 0 aliphatic rings. The number of aromatic hydroxyl groups is 2. The van der Waals surface area contributed by atoms with Crippen LogP contribution >= 0.6 is 0 Å². The number of nitrogens with two attached hydrogens (primary N) is 1. The van der Waals surface area contributed by atoms with Crippen molar-refractivity contribution >= 4 is 0 Å². The lowest BCUT2D eigenvalue weighted by Crippen LogP contribution is -2.02. The number of rotatable bonds is 3. The molecule has 0 saturated carbocycles. The van der Waals surface area contributed by atoms with Crippen molar-refractivity contribution in [3.05, 3.63) is 89.9 Å². The zero-order chi connectivity index (χ0) is 19.4. The summed E-state index contributed by atoms with van der Waals surface area (Å²) in [6.45, 7) is 0. The van der Waals surface area contributed by atoms with E-state index in [2.05, 4.69) is 10.5 Å². The van der Waals surface area contributed by atoms with Crippen LogP contribution in [-0.2, 0) is 4.74 Å². The molecule has 0 aliphatic carbocycles. The van der Waals surface area contributed by atoms with E-state index in [1.807, 2.05) is 42.5 Å². The second kappa shape index (κ2) is 11.6. The lowest BCUT2D eigenvalue weighted by molar-refractivity contribution is 0.277. The number of hydrogen-bond acceptors (Lipinski definition) is 4. The predicted molar refractivity (Wildman–Crippen MR) is 103 cm³/mol. The van der Waals surface area contributed by atoms with Crippen molar-refractivity contribution in [1.29, 1.82) is 0 Å². The molecule has 4 N–H and O–H groups in total. The van der Waals surface area contributed by atoms with Crippen LogP contribution in [0.5, 0.6) is 11.5 Å². The number of methoxy groups -OCH3 is 1. The minimum atomic E-state index is -0.0904. The van der Waals surface area contributed by atoms with Gasteiger partial charge in [-0.2, -0.15) is 0 Å². The first kappa shape index (κ1) is 21.2. The van der Waals surface area contributed by atoms with Crippen LogP contribution in [0.1, 0.15) is 22.8 Å². The molecule has 5 heteroatoms. The molecule has 0 spiro atoms. The molecule has 26 heavy (non-hydrogen) atoms. The van der Waals surface area contributed by atoms with E-state index in [1.54, 1.807) is 44.7 Å². The topological polar surface area (TPSA) is 87.0 Å². The van der Waals surface area contributed by atoms with E-state index in [9.17, 15) is 10.2 Å². The van der Waals surface area contributed by atoms with Gasteiger partial charge < -0.3 is 20.7 Å². The van der Waals surface area contributed by atoms with Gasteiger partial charge in [-0.05, 0) is 48.5 Å². The van der Waals surface area contributed by atoms with Gasteiger partial charge in [-0.3, -0.25) is 0 Å². The fraction of sp³-hybridized carbons (Fsp3) is 0.190. The Kier molecular flexibility index (Phi) is 9.46. The molecule has 138 valence electrons. The highest BCUT2D eigenvalue weighted by Gasteiger charge is 2.26. The number of phenols is 2. The summed E-state index contributed by atoms with van der Waals surface area (Å²) in [5.74, 6) is 1.17. The van der Waals surface area contributed by atoms with Crippen LogP contribution in [0.25, 0.3) is 0 Å². The van der Waals surface area contributed by atoms with Crippen LogP contribution in [-0.4, -0.2) is 31.5 Å². The van der Waals surface area contributed by atoms with E-state index in [0.717, 1.165) is 16.9 Å². The van der Waals surface area contributed by atoms with Gasteiger partial charge in [0.1, 0.15) is 17.4 Å². The molecule has 2 aromatic carbocycles. The molecular formula is C21H26NO4+. The van der Waals surface area contributed by atoms with Gasteiger partial charge in [0.05, 0.1) is 0 Å². The SMILES string of the molecule is CN.COC.Oc1ccc(C(c2ccc(O)cc2)c2cccc[o+]2)cc1. The first-order valence-corrected chi connectivity index (χ1v) is 8.08. The number of benzene rings is 2. The lowest BCUT2D eigenvalue weighted by Gasteiger charge is -2.12. The summed E-state index contributed by atoms with van der Waals surface area (Å²) in [5.41, 5.74) is 6.52. The number of ether oxygens (including phenoxy) is 1. The Morgan fingerprint density at radius 2 is 1.19 bits per heavy atom. The van der Waals surface area contributed by atoms with Gasteiger partial charge in [0.25, 0.3) is 0 Å².